The van der Waals surface area contributed by atoms with E-state index in [1.165, 1.54) is 4.90 Å². The quantitative estimate of drug-likeness (QED) is 0.0660. The molecule has 18 atom stereocenters. The molecule has 12 amide bonds. The molecule has 5 saturated heterocycles. The van der Waals surface area contributed by atoms with Gasteiger partial charge in [-0.15, -0.1) is 0 Å². The van der Waals surface area contributed by atoms with E-state index < -0.39 is 181 Å². The number of unbranched alkanes of at least 4 members (excludes halogenated alkanes) is 1. The van der Waals surface area contributed by atoms with Gasteiger partial charge in [0.15, 0.2) is 0 Å². The summed E-state index contributed by atoms with van der Waals surface area (Å²) in [6, 6.07) is -13.5. The zero-order chi connectivity index (χ0) is 72.9. The minimum Gasteiger partial charge on any atom is -0.481 e. The highest BCUT2D eigenvalue weighted by Crippen LogP contribution is 2.40. The van der Waals surface area contributed by atoms with Crippen LogP contribution in [0.1, 0.15) is 167 Å². The van der Waals surface area contributed by atoms with Gasteiger partial charge in [-0.05, 0) is 197 Å². The molecule has 0 aromatic carbocycles. The van der Waals surface area contributed by atoms with E-state index in [1.54, 1.807) is 0 Å². The Hall–Kier alpha value is -7.27. The van der Waals surface area contributed by atoms with Gasteiger partial charge in [0, 0.05) is 57.8 Å². The highest BCUT2D eigenvalue weighted by molar-refractivity contribution is 5.99. The van der Waals surface area contributed by atoms with Crippen LogP contribution in [0.3, 0.4) is 0 Å². The van der Waals surface area contributed by atoms with Crippen molar-refractivity contribution in [2.24, 2.45) is 41.1 Å². The summed E-state index contributed by atoms with van der Waals surface area (Å²) in [7, 11) is 0. The number of amides is 12. The Labute approximate surface area is 587 Å². The second-order valence-corrected chi connectivity index (χ2v) is 29.2. The third-order valence-corrected chi connectivity index (χ3v) is 21.7. The Balaban J connectivity index is 1.12. The number of nitrogens with zero attached hydrogens (tertiary/aromatic N) is 1. The smallest absolute Gasteiger partial charge is 0.305 e. The van der Waals surface area contributed by atoms with Gasteiger partial charge in [0.2, 0.25) is 70.9 Å². The van der Waals surface area contributed by atoms with Crippen LogP contribution < -0.4 is 85.9 Å². The molecule has 0 spiro atoms. The number of carboxylic acids is 1. The number of alkyl halides is 2. The summed E-state index contributed by atoms with van der Waals surface area (Å²) in [5.41, 5.74) is 11.6. The van der Waals surface area contributed by atoms with Crippen molar-refractivity contribution in [2.75, 3.05) is 52.5 Å². The molecule has 5 aliphatic heterocycles. The van der Waals surface area contributed by atoms with E-state index in [0.29, 0.717) is 96.8 Å². The van der Waals surface area contributed by atoms with Gasteiger partial charge >= 0.3 is 5.97 Å². The van der Waals surface area contributed by atoms with E-state index in [0.717, 1.165) is 6.92 Å². The number of hydrogen-bond acceptors (Lipinski definition) is 19. The van der Waals surface area contributed by atoms with Crippen LogP contribution in [0.5, 0.6) is 0 Å². The Bertz CT molecular complexity index is 2910. The van der Waals surface area contributed by atoms with Crippen LogP contribution in [0.15, 0.2) is 0 Å². The predicted molar refractivity (Wildman–Crippen MR) is 361 cm³/mol. The lowest BCUT2D eigenvalue weighted by atomic mass is 9.76. The number of aliphatic carboxylic acids is 1. The van der Waals surface area contributed by atoms with E-state index >= 15 is 28.0 Å². The van der Waals surface area contributed by atoms with Gasteiger partial charge in [-0.3, -0.25) is 62.3 Å². The SMILES string of the molecule is CC(=O)N[C@H]1CCC(=O)NCCCC[C@@H](C(N)=O)NC(=O)[C@@H]2CCCN2C(=O)[C@H](CC2CCC(O)CC2)NC(=O)[C@H](CC2CNCN2)NC(=O)[C@H](CC(=O)O)NC(=O)[C@H](CC2CNC3CCC(F)CC23)NC(=O)[C@H](CC2CNC3CCC(F)CC23)NC(=O)CNC(=O)[C@H](CCCCN)NC1=O. The van der Waals surface area contributed by atoms with Gasteiger partial charge in [0.25, 0.3) is 0 Å². The second-order valence-electron chi connectivity index (χ2n) is 29.2. The highest BCUT2D eigenvalue weighted by atomic mass is 19.1. The standard InChI is InChI=1S/C67H109F2N17O15/c1-35(87)78-49-18-19-56(89)73-21-5-3-7-47(59(71)93)80-66(100)55-9-6-22-86(55)67(101)54(23-36-10-14-42(88)15-11-36)85-64(98)52(28-41-32-72-34-77-41)83-65(99)53(29-58(91)92)84-63(97)51(25-38-31-75-46-17-13-40(69)27-44(38)46)82-62(96)50(24-37-30-74-45-16-12-39(68)26-43(37)45)79-57(90)33-76-60(94)48(81-61(49)95)8-2-4-20-70/h36-55,72,74-75,77,88H,2-34,70H2,1H3,(H2,71,93)(H,73,89)(H,76,94)(H,78,87)(H,79,90)(H,80,100)(H,81,95)(H,82,96)(H,83,99)(H,84,97)(H,85,98)(H,91,92)/t36?,37?,38?,39?,40?,41?,42?,43?,44?,45?,46?,47-,48-,49-,50-,51-,52-,53-,54-,55-/m0/s1. The van der Waals surface area contributed by atoms with E-state index in [1.807, 2.05) is 0 Å². The maximum Gasteiger partial charge on any atom is 0.305 e. The predicted octanol–water partition coefficient (Wildman–Crippen LogP) is -3.76. The third kappa shape index (κ3) is 23.9. The van der Waals surface area contributed by atoms with Crippen LogP contribution in [-0.4, -0.2) is 235 Å². The molecule has 8 rings (SSSR count). The lowest BCUT2D eigenvalue weighted by Gasteiger charge is -2.34. The molecule has 0 radical (unpaired) electrons. The number of hydrogen-bond donors (Lipinski definition) is 18. The van der Waals surface area contributed by atoms with Gasteiger partial charge in [0.05, 0.1) is 19.1 Å². The monoisotopic (exact) mass is 1430 g/mol. The number of halogens is 2. The number of nitrogens with two attached hydrogens (primary N) is 2. The van der Waals surface area contributed by atoms with Crippen molar-refractivity contribution in [3.05, 3.63) is 0 Å². The number of primary amides is 1. The first-order valence-electron chi connectivity index (χ1n) is 36.6. The van der Waals surface area contributed by atoms with Crippen LogP contribution >= 0.6 is 0 Å². The van der Waals surface area contributed by atoms with Gasteiger partial charge in [-0.2, -0.15) is 0 Å². The van der Waals surface area contributed by atoms with Crippen molar-refractivity contribution in [3.63, 3.8) is 0 Å². The number of aliphatic hydroxyl groups excluding tert-OH is 1. The largest absolute Gasteiger partial charge is 0.481 e. The fourth-order valence-corrected chi connectivity index (χ4v) is 16.2. The average molecular weight is 1430 g/mol. The van der Waals surface area contributed by atoms with E-state index in [9.17, 15) is 53.4 Å². The molecule has 20 N–H and O–H groups in total. The summed E-state index contributed by atoms with van der Waals surface area (Å²) >= 11 is 0. The number of rotatable bonds is 16. The Morgan fingerprint density at radius 1 is 0.574 bits per heavy atom. The lowest BCUT2D eigenvalue weighted by Crippen LogP contribution is -2.61. The maximum atomic E-state index is 15.3. The molecule has 8 aliphatic rings. The minimum atomic E-state index is -1.93. The van der Waals surface area contributed by atoms with E-state index in [-0.39, 0.29) is 133 Å². The number of carbonyl (C=O) groups is 13. The molecular weight excluding hydrogens is 1320 g/mol. The topological polar surface area (TPSA) is 486 Å². The molecule has 0 aromatic rings. The molecular formula is C67H109F2N17O15. The summed E-state index contributed by atoms with van der Waals surface area (Å²) in [6.45, 7) is 2.07. The van der Waals surface area contributed by atoms with Gasteiger partial charge in [0.1, 0.15) is 66.7 Å². The molecule has 0 bridgehead atoms. The average Bonchev–Trinajstić information content (AvgIpc) is 1.72. The number of carbonyl (C=O) groups excluding carboxylic acids is 12. The first kappa shape index (κ1) is 79.4. The molecule has 566 valence electrons. The molecule has 101 heavy (non-hydrogen) atoms. The first-order chi connectivity index (χ1) is 48.3. The fourth-order valence-electron chi connectivity index (χ4n) is 16.2. The normalized spacial score (nSPS) is 35.5. The second kappa shape index (κ2) is 38.8. The maximum absolute atomic E-state index is 15.3. The summed E-state index contributed by atoms with van der Waals surface area (Å²) in [5, 5.41) is 60.7. The Morgan fingerprint density at radius 3 is 1.76 bits per heavy atom. The van der Waals surface area contributed by atoms with Crippen LogP contribution in [-0.2, 0) is 62.3 Å². The van der Waals surface area contributed by atoms with Crippen molar-refractivity contribution >= 4 is 76.9 Å². The number of aliphatic hydroxyl groups is 1. The van der Waals surface area contributed by atoms with Crippen molar-refractivity contribution in [3.8, 4) is 0 Å². The first-order valence-corrected chi connectivity index (χ1v) is 36.6. The molecule has 34 heteroatoms. The van der Waals surface area contributed by atoms with E-state index in [2.05, 4.69) is 74.4 Å². The Morgan fingerprint density at radius 2 is 1.17 bits per heavy atom. The molecule has 3 aliphatic carbocycles. The van der Waals surface area contributed by atoms with Crippen molar-refractivity contribution < 1.29 is 81.3 Å². The van der Waals surface area contributed by atoms with Crippen molar-refractivity contribution in [1.29, 1.82) is 0 Å². The summed E-state index contributed by atoms with van der Waals surface area (Å²) < 4.78 is 30.5. The van der Waals surface area contributed by atoms with Crippen LogP contribution in [0.2, 0.25) is 0 Å². The van der Waals surface area contributed by atoms with Crippen molar-refractivity contribution in [2.45, 2.75) is 258 Å². The van der Waals surface area contributed by atoms with Crippen molar-refractivity contribution in [1.82, 2.24) is 79.3 Å². The van der Waals surface area contributed by atoms with Gasteiger partial charge in [-0.1, -0.05) is 0 Å². The molecule has 5 heterocycles. The molecule has 3 saturated carbocycles. The number of nitrogens with one attached hydrogen (secondary N) is 14. The zero-order valence-corrected chi connectivity index (χ0v) is 57.9. The lowest BCUT2D eigenvalue weighted by molar-refractivity contribution is -0.143. The van der Waals surface area contributed by atoms with Gasteiger partial charge in [-0.25, -0.2) is 8.78 Å². The number of carboxylic acid groups (broad SMARTS) is 1. The Kier molecular flexibility index (Phi) is 30.5. The number of fused-ring (bicyclic) bond motifs is 3. The van der Waals surface area contributed by atoms with Gasteiger partial charge < -0.3 is 101 Å². The molecule has 9 unspecified atom stereocenters. The molecule has 32 nitrogen and oxygen atoms in total. The zero-order valence-electron chi connectivity index (χ0n) is 57.9. The molecule has 0 aromatic heterocycles. The van der Waals surface area contributed by atoms with Crippen LogP contribution in [0.4, 0.5) is 8.78 Å². The summed E-state index contributed by atoms with van der Waals surface area (Å²) in [6.07, 6.45) is 0.923. The van der Waals surface area contributed by atoms with Crippen LogP contribution in [0.25, 0.3) is 0 Å². The summed E-state index contributed by atoms with van der Waals surface area (Å²) in [4.78, 5) is 185. The van der Waals surface area contributed by atoms with Crippen LogP contribution in [0, 0.1) is 29.6 Å². The molecule has 8 fully saturated rings. The minimum absolute atomic E-state index is 0.0168. The summed E-state index contributed by atoms with van der Waals surface area (Å²) in [5.74, 6) is -13.0. The third-order valence-electron chi connectivity index (χ3n) is 21.7. The highest BCUT2D eigenvalue weighted by Gasteiger charge is 2.47. The fraction of sp³-hybridized carbons (Fsp3) is 0.806. The van der Waals surface area contributed by atoms with E-state index in [4.69, 9.17) is 11.5 Å².